The summed E-state index contributed by atoms with van der Waals surface area (Å²) >= 11 is 0. The normalized spacial score (nSPS) is 22.9. The lowest BCUT2D eigenvalue weighted by Gasteiger charge is -2.08. The molecule has 1 saturated carbocycles. The molecule has 2 aromatic rings. The molecule has 1 aromatic carbocycles. The molecule has 3 heteroatoms. The number of aromatic amines is 1. The molecule has 2 unspecified atom stereocenters. The monoisotopic (exact) mass is 246 g/mol. The van der Waals surface area contributed by atoms with E-state index in [0.29, 0.717) is 0 Å². The number of halogens is 1. The Labute approximate surface area is 107 Å². The van der Waals surface area contributed by atoms with Gasteiger partial charge in [-0.1, -0.05) is 0 Å². The van der Waals surface area contributed by atoms with Crippen LogP contribution in [0.15, 0.2) is 24.4 Å². The van der Waals surface area contributed by atoms with E-state index in [2.05, 4.69) is 24.0 Å². The summed E-state index contributed by atoms with van der Waals surface area (Å²) in [7, 11) is 4.24. The van der Waals surface area contributed by atoms with Gasteiger partial charge in [-0.25, -0.2) is 4.39 Å². The number of hydrogen-bond donors (Lipinski definition) is 1. The van der Waals surface area contributed by atoms with E-state index in [1.807, 2.05) is 12.3 Å². The summed E-state index contributed by atoms with van der Waals surface area (Å²) in [4.78, 5) is 5.48. The topological polar surface area (TPSA) is 19.0 Å². The minimum Gasteiger partial charge on any atom is -0.361 e. The highest BCUT2D eigenvalue weighted by Crippen LogP contribution is 2.42. The summed E-state index contributed by atoms with van der Waals surface area (Å²) in [5.74, 6) is 1.44. The summed E-state index contributed by atoms with van der Waals surface area (Å²) in [5, 5.41) is 1.05. The lowest BCUT2D eigenvalue weighted by molar-refractivity contribution is 0.378. The number of hydrogen-bond acceptors (Lipinski definition) is 1. The number of aromatic nitrogens is 1. The van der Waals surface area contributed by atoms with E-state index < -0.39 is 0 Å². The highest BCUT2D eigenvalue weighted by atomic mass is 19.1. The molecule has 0 bridgehead atoms. The van der Waals surface area contributed by atoms with Crippen LogP contribution in [0.4, 0.5) is 4.39 Å². The van der Waals surface area contributed by atoms with Crippen molar-refractivity contribution in [1.29, 1.82) is 0 Å². The molecule has 1 N–H and O–H groups in total. The summed E-state index contributed by atoms with van der Waals surface area (Å²) < 4.78 is 13.3. The lowest BCUT2D eigenvalue weighted by Crippen LogP contribution is -2.15. The number of nitrogens with one attached hydrogen (secondary N) is 1. The zero-order chi connectivity index (χ0) is 12.7. The van der Waals surface area contributed by atoms with Gasteiger partial charge in [0, 0.05) is 23.6 Å². The van der Waals surface area contributed by atoms with Crippen molar-refractivity contribution in [3.05, 3.63) is 35.8 Å². The van der Waals surface area contributed by atoms with Gasteiger partial charge in [-0.3, -0.25) is 0 Å². The van der Waals surface area contributed by atoms with Crippen molar-refractivity contribution in [1.82, 2.24) is 9.88 Å². The Morgan fingerprint density at radius 1 is 1.33 bits per heavy atom. The molecule has 1 fully saturated rings. The first-order valence-electron chi connectivity index (χ1n) is 6.53. The van der Waals surface area contributed by atoms with Gasteiger partial charge < -0.3 is 9.88 Å². The molecule has 2 atom stereocenters. The van der Waals surface area contributed by atoms with Crippen LogP contribution in [0.3, 0.4) is 0 Å². The van der Waals surface area contributed by atoms with Crippen LogP contribution < -0.4 is 0 Å². The molecule has 96 valence electrons. The van der Waals surface area contributed by atoms with Crippen LogP contribution in [-0.2, 0) is 6.42 Å². The SMILES string of the molecule is CN(C)CC1CC1Cc1c[nH]c2ccc(F)cc12. The first kappa shape index (κ1) is 11.7. The zero-order valence-electron chi connectivity index (χ0n) is 10.9. The van der Waals surface area contributed by atoms with E-state index in [0.717, 1.165) is 29.2 Å². The van der Waals surface area contributed by atoms with Crippen molar-refractivity contribution in [2.24, 2.45) is 11.8 Å². The average molecular weight is 246 g/mol. The Balaban J connectivity index is 1.74. The number of benzene rings is 1. The van der Waals surface area contributed by atoms with Gasteiger partial charge in [-0.15, -0.1) is 0 Å². The fraction of sp³-hybridized carbons (Fsp3) is 0.467. The summed E-state index contributed by atoms with van der Waals surface area (Å²) in [6.07, 6.45) is 4.41. The summed E-state index contributed by atoms with van der Waals surface area (Å²) in [6, 6.07) is 4.97. The van der Waals surface area contributed by atoms with Crippen LogP contribution in [0.2, 0.25) is 0 Å². The Morgan fingerprint density at radius 2 is 2.17 bits per heavy atom. The van der Waals surface area contributed by atoms with Crippen LogP contribution >= 0.6 is 0 Å². The molecule has 18 heavy (non-hydrogen) atoms. The molecule has 1 aliphatic rings. The fourth-order valence-electron chi connectivity index (χ4n) is 2.85. The second-order valence-electron chi connectivity index (χ2n) is 5.73. The van der Waals surface area contributed by atoms with Gasteiger partial charge in [0.05, 0.1) is 0 Å². The van der Waals surface area contributed by atoms with Gasteiger partial charge in [-0.05, 0) is 62.5 Å². The Bertz CT molecular complexity index is 559. The molecule has 0 amide bonds. The Hall–Kier alpha value is -1.35. The third-order valence-corrected chi connectivity index (χ3v) is 3.88. The van der Waals surface area contributed by atoms with E-state index in [9.17, 15) is 4.39 Å². The zero-order valence-corrected chi connectivity index (χ0v) is 10.9. The highest BCUT2D eigenvalue weighted by Gasteiger charge is 2.37. The molecular formula is C15H19FN2. The molecule has 0 radical (unpaired) electrons. The van der Waals surface area contributed by atoms with Crippen molar-refractivity contribution in [2.45, 2.75) is 12.8 Å². The van der Waals surface area contributed by atoms with Gasteiger partial charge in [0.2, 0.25) is 0 Å². The molecule has 0 saturated heterocycles. The second-order valence-corrected chi connectivity index (χ2v) is 5.73. The quantitative estimate of drug-likeness (QED) is 0.878. The average Bonchev–Trinajstić information content (AvgIpc) is 2.89. The minimum absolute atomic E-state index is 0.149. The Morgan fingerprint density at radius 3 is 2.94 bits per heavy atom. The van der Waals surface area contributed by atoms with Gasteiger partial charge in [-0.2, -0.15) is 0 Å². The van der Waals surface area contributed by atoms with Crippen LogP contribution in [0.1, 0.15) is 12.0 Å². The largest absolute Gasteiger partial charge is 0.361 e. The second kappa shape index (κ2) is 4.39. The predicted octanol–water partition coefficient (Wildman–Crippen LogP) is 3.05. The number of rotatable bonds is 4. The molecule has 1 aliphatic carbocycles. The smallest absolute Gasteiger partial charge is 0.123 e. The minimum atomic E-state index is -0.149. The highest BCUT2D eigenvalue weighted by molar-refractivity contribution is 5.83. The molecular weight excluding hydrogens is 227 g/mol. The van der Waals surface area contributed by atoms with Crippen LogP contribution in [0.5, 0.6) is 0 Å². The third kappa shape index (κ3) is 2.27. The van der Waals surface area contributed by atoms with E-state index >= 15 is 0 Å². The van der Waals surface area contributed by atoms with Gasteiger partial charge in [0.1, 0.15) is 5.82 Å². The maximum atomic E-state index is 13.3. The summed E-state index contributed by atoms with van der Waals surface area (Å²) in [5.41, 5.74) is 2.30. The predicted molar refractivity (Wildman–Crippen MR) is 72.1 cm³/mol. The maximum absolute atomic E-state index is 13.3. The van der Waals surface area contributed by atoms with Crippen molar-refractivity contribution in [2.75, 3.05) is 20.6 Å². The van der Waals surface area contributed by atoms with Gasteiger partial charge in [0.15, 0.2) is 0 Å². The van der Waals surface area contributed by atoms with E-state index in [1.54, 1.807) is 6.07 Å². The first-order valence-corrected chi connectivity index (χ1v) is 6.53. The molecule has 3 rings (SSSR count). The van der Waals surface area contributed by atoms with E-state index in [-0.39, 0.29) is 5.82 Å². The van der Waals surface area contributed by atoms with Gasteiger partial charge in [0.25, 0.3) is 0 Å². The third-order valence-electron chi connectivity index (χ3n) is 3.88. The maximum Gasteiger partial charge on any atom is 0.123 e. The standard InChI is InChI=1S/C15H19FN2/c1-18(2)9-12-6-10(12)5-11-8-17-15-4-3-13(16)7-14(11)15/h3-4,7-8,10,12,17H,5-6,9H2,1-2H3. The van der Waals surface area contributed by atoms with E-state index in [1.165, 1.54) is 24.6 Å². The first-order chi connectivity index (χ1) is 8.63. The van der Waals surface area contributed by atoms with Gasteiger partial charge >= 0.3 is 0 Å². The molecule has 1 heterocycles. The van der Waals surface area contributed by atoms with Crippen LogP contribution in [-0.4, -0.2) is 30.5 Å². The molecule has 2 nitrogen and oxygen atoms in total. The summed E-state index contributed by atoms with van der Waals surface area (Å²) in [6.45, 7) is 1.17. The molecule has 1 aromatic heterocycles. The van der Waals surface area contributed by atoms with Crippen molar-refractivity contribution in [3.63, 3.8) is 0 Å². The number of fused-ring (bicyclic) bond motifs is 1. The number of H-pyrrole nitrogens is 1. The molecule has 0 aliphatic heterocycles. The van der Waals surface area contributed by atoms with Crippen LogP contribution in [0, 0.1) is 17.7 Å². The van der Waals surface area contributed by atoms with Crippen molar-refractivity contribution < 1.29 is 4.39 Å². The van der Waals surface area contributed by atoms with E-state index in [4.69, 9.17) is 0 Å². The molecule has 0 spiro atoms. The Kier molecular flexibility index (Phi) is 2.86. The van der Waals surface area contributed by atoms with Crippen molar-refractivity contribution >= 4 is 10.9 Å². The van der Waals surface area contributed by atoms with Crippen LogP contribution in [0.25, 0.3) is 10.9 Å². The fourth-order valence-corrected chi connectivity index (χ4v) is 2.85. The lowest BCUT2D eigenvalue weighted by atomic mass is 10.1. The van der Waals surface area contributed by atoms with Crippen molar-refractivity contribution in [3.8, 4) is 0 Å². The number of nitrogens with zero attached hydrogens (tertiary/aromatic N) is 1.